The van der Waals surface area contributed by atoms with Crippen LogP contribution in [0.1, 0.15) is 0 Å². The van der Waals surface area contributed by atoms with Crippen LogP contribution in [0.4, 0.5) is 0 Å². The highest BCUT2D eigenvalue weighted by molar-refractivity contribution is 5.71. The Morgan fingerprint density at radius 3 is 1.92 bits per heavy atom. The van der Waals surface area contributed by atoms with Gasteiger partial charge >= 0.3 is 0 Å². The molecular formula is C11H20N6O7. The van der Waals surface area contributed by atoms with Crippen LogP contribution < -0.4 is 21.0 Å². The van der Waals surface area contributed by atoms with Gasteiger partial charge in [0.05, 0.1) is 0 Å². The number of nitrogens with one attached hydrogen (secondary N) is 1. The molecule has 0 atom stereocenters. The van der Waals surface area contributed by atoms with Gasteiger partial charge in [-0.3, -0.25) is 10.2 Å². The summed E-state index contributed by atoms with van der Waals surface area (Å²) in [6.07, 6.45) is 0. The summed E-state index contributed by atoms with van der Waals surface area (Å²) in [6.45, 7) is 1.38. The Bertz CT molecular complexity index is 488. The molecule has 6 N–H and O–H groups in total. The Balaban J connectivity index is 0. The van der Waals surface area contributed by atoms with Gasteiger partial charge in [-0.05, 0) is 38.4 Å². The summed E-state index contributed by atoms with van der Waals surface area (Å²) in [5, 5.41) is 28.9. The molecule has 0 aliphatic rings. The molecule has 0 radical (unpaired) electrons. The third-order valence-electron chi connectivity index (χ3n) is 1.81. The minimum atomic E-state index is -1.50. The fraction of sp³-hybridized carbons (Fsp3) is 0.364. The molecule has 1 aromatic carbocycles. The summed E-state index contributed by atoms with van der Waals surface area (Å²) < 4.78 is 5.41. The van der Waals surface area contributed by atoms with Crippen molar-refractivity contribution in [2.24, 2.45) is 11.5 Å². The lowest BCUT2D eigenvalue weighted by Crippen LogP contribution is -2.20. The van der Waals surface area contributed by atoms with Crippen molar-refractivity contribution in [3.05, 3.63) is 44.5 Å². The normalized spacial score (nSPS) is 8.79. The predicted octanol–water partition coefficient (Wildman–Crippen LogP) is -0.312. The molecular weight excluding hydrogens is 328 g/mol. The first-order valence-corrected chi connectivity index (χ1v) is 6.17. The lowest BCUT2D eigenvalue weighted by Gasteiger charge is -2.10. The van der Waals surface area contributed by atoms with Gasteiger partial charge in [0.2, 0.25) is 0 Å². The van der Waals surface area contributed by atoms with Crippen LogP contribution in [-0.2, 0) is 0 Å². The molecule has 0 saturated carbocycles. The van der Waals surface area contributed by atoms with Crippen molar-refractivity contribution in [3.8, 4) is 11.5 Å². The maximum absolute atomic E-state index is 10.0. The number of nitrogens with two attached hydrogens (primary N) is 2. The third kappa shape index (κ3) is 21.0. The zero-order valence-electron chi connectivity index (χ0n) is 13.1. The fourth-order valence-corrected chi connectivity index (χ4v) is 1.03. The Kier molecular flexibility index (Phi) is 12.7. The van der Waals surface area contributed by atoms with Gasteiger partial charge < -0.3 is 26.3 Å². The van der Waals surface area contributed by atoms with Crippen molar-refractivity contribution in [1.29, 1.82) is 5.41 Å². The van der Waals surface area contributed by atoms with Gasteiger partial charge in [-0.25, -0.2) is 0 Å². The van der Waals surface area contributed by atoms with E-state index < -0.39 is 10.2 Å². The maximum atomic E-state index is 10.0. The second-order valence-corrected chi connectivity index (χ2v) is 4.13. The Hall–Kier alpha value is -3.35. The summed E-state index contributed by atoms with van der Waals surface area (Å²) in [4.78, 5) is 24.7. The number of ether oxygens (including phenoxy) is 1. The van der Waals surface area contributed by atoms with Crippen molar-refractivity contribution in [2.45, 2.75) is 0 Å². The van der Waals surface area contributed by atoms with Gasteiger partial charge in [-0.1, -0.05) is 0 Å². The van der Waals surface area contributed by atoms with Crippen molar-refractivity contribution in [1.82, 2.24) is 4.90 Å². The van der Waals surface area contributed by atoms with Crippen molar-refractivity contribution in [2.75, 3.05) is 27.2 Å². The van der Waals surface area contributed by atoms with E-state index in [-0.39, 0.29) is 11.7 Å². The molecule has 13 nitrogen and oxygen atoms in total. The van der Waals surface area contributed by atoms with E-state index in [1.165, 1.54) is 12.1 Å². The summed E-state index contributed by atoms with van der Waals surface area (Å²) >= 11 is 0. The molecule has 0 spiro atoms. The van der Waals surface area contributed by atoms with E-state index in [1.54, 1.807) is 12.1 Å². The van der Waals surface area contributed by atoms with Crippen LogP contribution in [0.2, 0.25) is 0 Å². The second kappa shape index (κ2) is 13.3. The zero-order chi connectivity index (χ0) is 19.1. The van der Waals surface area contributed by atoms with E-state index in [0.717, 1.165) is 6.54 Å². The standard InChI is InChI=1S/C10H14N2O4.CH5N3.HNO3/c1-11(2)7-8-15-9-3-5-10(6-4-9)16-12(13)14;2*2-1(3)4/h3-6H,7-8H2,1-2H3;(H5,2,3,4);(H,2,3,4). The highest BCUT2D eigenvalue weighted by Gasteiger charge is 2.00. The van der Waals surface area contributed by atoms with Crippen LogP contribution >= 0.6 is 0 Å². The number of hydrogen-bond donors (Lipinski definition) is 4. The second-order valence-electron chi connectivity index (χ2n) is 4.13. The molecule has 0 aliphatic heterocycles. The van der Waals surface area contributed by atoms with Gasteiger partial charge in [-0.15, -0.1) is 20.2 Å². The van der Waals surface area contributed by atoms with E-state index >= 15 is 0 Å². The molecule has 1 rings (SSSR count). The average molecular weight is 348 g/mol. The number of hydrogen-bond acceptors (Lipinski definition) is 8. The van der Waals surface area contributed by atoms with E-state index in [2.05, 4.69) is 16.3 Å². The number of nitrogens with zero attached hydrogens (tertiary/aromatic N) is 3. The molecule has 24 heavy (non-hydrogen) atoms. The predicted molar refractivity (Wildman–Crippen MR) is 83.0 cm³/mol. The summed E-state index contributed by atoms with van der Waals surface area (Å²) in [7, 11) is 3.91. The monoisotopic (exact) mass is 348 g/mol. The van der Waals surface area contributed by atoms with Gasteiger partial charge in [0.25, 0.3) is 10.2 Å². The van der Waals surface area contributed by atoms with Crippen LogP contribution in [0.5, 0.6) is 11.5 Å². The van der Waals surface area contributed by atoms with Gasteiger partial charge in [0.1, 0.15) is 18.1 Å². The molecule has 0 saturated heterocycles. The minimum Gasteiger partial charge on any atom is -0.492 e. The first kappa shape index (κ1) is 22.9. The first-order valence-electron chi connectivity index (χ1n) is 6.17. The smallest absolute Gasteiger partial charge is 0.299 e. The molecule has 1 aromatic rings. The van der Waals surface area contributed by atoms with Crippen LogP contribution in [-0.4, -0.2) is 53.5 Å². The Labute approximate surface area is 137 Å². The van der Waals surface area contributed by atoms with Gasteiger partial charge in [0.15, 0.2) is 5.96 Å². The lowest BCUT2D eigenvalue weighted by atomic mass is 10.3. The molecule has 0 amide bonds. The highest BCUT2D eigenvalue weighted by atomic mass is 17.0. The fourth-order valence-electron chi connectivity index (χ4n) is 1.03. The SMILES string of the molecule is CN(C)CCOc1ccc(O[N+](=O)[O-])cc1.N=C(N)N.O=[N+]([O-])O. The number of rotatable bonds is 6. The maximum Gasteiger partial charge on any atom is 0.299 e. The van der Waals surface area contributed by atoms with Gasteiger partial charge in [0, 0.05) is 6.54 Å². The third-order valence-corrected chi connectivity index (χ3v) is 1.81. The van der Waals surface area contributed by atoms with E-state index in [4.69, 9.17) is 25.5 Å². The first-order chi connectivity index (χ1) is 11.0. The Morgan fingerprint density at radius 1 is 1.21 bits per heavy atom. The van der Waals surface area contributed by atoms with Crippen LogP contribution in [0, 0.1) is 25.6 Å². The topological polar surface area (TPSA) is 204 Å². The molecule has 13 heteroatoms. The van der Waals surface area contributed by atoms with Crippen molar-refractivity contribution < 1.29 is 25.0 Å². The quantitative estimate of drug-likeness (QED) is 0.228. The van der Waals surface area contributed by atoms with Crippen molar-refractivity contribution >= 4 is 5.96 Å². The molecule has 0 unspecified atom stereocenters. The summed E-state index contributed by atoms with van der Waals surface area (Å²) in [5.41, 5.74) is 8.94. The highest BCUT2D eigenvalue weighted by Crippen LogP contribution is 2.17. The van der Waals surface area contributed by atoms with Crippen LogP contribution in [0.25, 0.3) is 0 Å². The Morgan fingerprint density at radius 2 is 1.58 bits per heavy atom. The van der Waals surface area contributed by atoms with Crippen LogP contribution in [0.3, 0.4) is 0 Å². The summed E-state index contributed by atoms with van der Waals surface area (Å²) in [5.74, 6) is 0.516. The largest absolute Gasteiger partial charge is 0.492 e. The molecule has 0 aliphatic carbocycles. The van der Waals surface area contributed by atoms with E-state index in [1.807, 2.05) is 19.0 Å². The summed E-state index contributed by atoms with van der Waals surface area (Å²) in [6, 6.07) is 6.25. The van der Waals surface area contributed by atoms with Crippen LogP contribution in [0.15, 0.2) is 24.3 Å². The van der Waals surface area contributed by atoms with Crippen molar-refractivity contribution in [3.63, 3.8) is 0 Å². The van der Waals surface area contributed by atoms with E-state index in [0.29, 0.717) is 12.4 Å². The minimum absolute atomic E-state index is 0.185. The molecule has 136 valence electrons. The molecule has 0 fully saturated rings. The van der Waals surface area contributed by atoms with Gasteiger partial charge in [-0.2, -0.15) is 0 Å². The number of benzene rings is 1. The molecule has 0 bridgehead atoms. The number of guanidine groups is 1. The molecule has 0 aromatic heterocycles. The zero-order valence-corrected chi connectivity index (χ0v) is 13.1. The molecule has 0 heterocycles. The van der Waals surface area contributed by atoms with E-state index in [9.17, 15) is 10.1 Å². The lowest BCUT2D eigenvalue weighted by molar-refractivity contribution is -0.742. The number of likely N-dealkylation sites (N-methyl/N-ethyl adjacent to an activating group) is 1. The average Bonchev–Trinajstić information content (AvgIpc) is 2.38.